The van der Waals surface area contributed by atoms with Gasteiger partial charge in [-0.15, -0.1) is 0 Å². The molecule has 0 radical (unpaired) electrons. The number of carbonyl (C=O) groups excluding carboxylic acids is 9. The van der Waals surface area contributed by atoms with Crippen LogP contribution in [-0.2, 0) is 56.2 Å². The van der Waals surface area contributed by atoms with Crippen molar-refractivity contribution < 1.29 is 43.2 Å². The van der Waals surface area contributed by atoms with Crippen LogP contribution in [0.25, 0.3) is 0 Å². The zero-order valence-electron chi connectivity index (χ0n) is 43.3. The van der Waals surface area contributed by atoms with Gasteiger partial charge < -0.3 is 57.7 Å². The summed E-state index contributed by atoms with van der Waals surface area (Å²) in [6.07, 6.45) is 6.08. The molecule has 3 fully saturated rings. The standard InChI is InChI=1S/C28H41N5O4.C25H34N6O5/c1-17-13-20(14-17)25(35)31-21-10-7-9-19(15-21)16-30-26(36)22-11-8-12-33(22)27(37)23(28(3,4)5)32-24(34)18(2)29-6;1-5-21(32)27-15-19(30-23(34)16(3)26-4)25(36)31-12-8-11-20(31)24(35)28-14-17-9-7-10-18(13-17)29-22(33)6-2/h7,9-10,15,18,20,22-23,29H,1,8,11-14,16H2,2-6H3,(H,30,36)(H,31,35)(H,32,34);5-7,9-10,13,16,19-20,26H,1-2,8,11-12,14-15H2,3-4H3,(H,27,32)(H,28,35)(H,29,33)(H,30,34)/t18-,22-,23+;16-,19-,20-/m00/s1. The lowest BCUT2D eigenvalue weighted by atomic mass is 9.80. The lowest BCUT2D eigenvalue weighted by Gasteiger charge is -2.36. The van der Waals surface area contributed by atoms with Crippen LogP contribution in [0.4, 0.5) is 11.4 Å². The molecule has 1 aliphatic carbocycles. The quantitative estimate of drug-likeness (QED) is 0.0646. The summed E-state index contributed by atoms with van der Waals surface area (Å²) in [6.45, 7) is 20.9. The highest BCUT2D eigenvalue weighted by molar-refractivity contribution is 5.99. The largest absolute Gasteiger partial charge is 0.350 e. The van der Waals surface area contributed by atoms with Crippen molar-refractivity contribution in [3.63, 3.8) is 0 Å². The molecule has 2 saturated heterocycles. The van der Waals surface area contributed by atoms with Gasteiger partial charge in [-0.25, -0.2) is 0 Å². The number of hydrogen-bond donors (Lipinski definition) is 9. The monoisotopic (exact) mass is 1010 g/mol. The molecule has 5 rings (SSSR count). The number of hydrogen-bond acceptors (Lipinski definition) is 11. The Kier molecular flexibility index (Phi) is 22.1. The molecule has 2 aromatic rings. The molecule has 73 heavy (non-hydrogen) atoms. The van der Waals surface area contributed by atoms with Crippen molar-refractivity contribution in [2.45, 2.75) is 122 Å². The molecule has 0 bridgehead atoms. The maximum Gasteiger partial charge on any atom is 0.247 e. The molecule has 20 heteroatoms. The van der Waals surface area contributed by atoms with Crippen molar-refractivity contribution in [2.24, 2.45) is 11.3 Å². The van der Waals surface area contributed by atoms with Gasteiger partial charge in [0.25, 0.3) is 0 Å². The predicted molar refractivity (Wildman–Crippen MR) is 279 cm³/mol. The van der Waals surface area contributed by atoms with Crippen LogP contribution in [-0.4, -0.2) is 133 Å². The molecular formula is C53H75N11O9. The average molecular weight is 1010 g/mol. The third-order valence-electron chi connectivity index (χ3n) is 13.0. The Balaban J connectivity index is 0.000000317. The van der Waals surface area contributed by atoms with E-state index in [4.69, 9.17) is 0 Å². The van der Waals surface area contributed by atoms with E-state index in [0.29, 0.717) is 43.7 Å². The van der Waals surface area contributed by atoms with E-state index in [0.717, 1.165) is 48.1 Å². The highest BCUT2D eigenvalue weighted by Gasteiger charge is 2.42. The maximum atomic E-state index is 13.5. The minimum Gasteiger partial charge on any atom is -0.350 e. The number of likely N-dealkylation sites (N-methyl/N-ethyl adjacent to an activating group) is 2. The number of likely N-dealkylation sites (tertiary alicyclic amines) is 2. The molecule has 20 nitrogen and oxygen atoms in total. The van der Waals surface area contributed by atoms with Crippen LogP contribution in [0.5, 0.6) is 0 Å². The van der Waals surface area contributed by atoms with Crippen molar-refractivity contribution in [1.29, 1.82) is 0 Å². The first-order valence-electron chi connectivity index (χ1n) is 24.7. The fraction of sp³-hybridized carbons (Fsp3) is 0.491. The highest BCUT2D eigenvalue weighted by Crippen LogP contribution is 2.32. The molecule has 396 valence electrons. The van der Waals surface area contributed by atoms with Gasteiger partial charge in [-0.05, 0) is 119 Å². The molecule has 0 unspecified atom stereocenters. The molecule has 9 N–H and O–H groups in total. The predicted octanol–water partition coefficient (Wildman–Crippen LogP) is 2.15. The maximum absolute atomic E-state index is 13.5. The van der Waals surface area contributed by atoms with Crippen LogP contribution in [0.3, 0.4) is 0 Å². The topological polar surface area (TPSA) is 268 Å². The first-order chi connectivity index (χ1) is 34.6. The summed E-state index contributed by atoms with van der Waals surface area (Å²) in [5.74, 6) is -2.79. The van der Waals surface area contributed by atoms with Crippen molar-refractivity contribution in [3.8, 4) is 0 Å². The van der Waals surface area contributed by atoms with E-state index in [2.05, 4.69) is 67.6 Å². The number of nitrogens with zero attached hydrogens (tertiary/aromatic N) is 2. The van der Waals surface area contributed by atoms with Crippen LogP contribution >= 0.6 is 0 Å². The number of amides is 9. The van der Waals surface area contributed by atoms with Gasteiger partial charge in [-0.3, -0.25) is 43.2 Å². The van der Waals surface area contributed by atoms with Gasteiger partial charge >= 0.3 is 0 Å². The first kappa shape index (κ1) is 58.4. The minimum absolute atomic E-state index is 0.0155. The summed E-state index contributed by atoms with van der Waals surface area (Å²) in [5.41, 5.74) is 3.44. The third kappa shape index (κ3) is 17.2. The number of rotatable bonds is 21. The molecule has 9 amide bonds. The van der Waals surface area contributed by atoms with E-state index in [-0.39, 0.29) is 61.0 Å². The molecule has 2 heterocycles. The van der Waals surface area contributed by atoms with Crippen molar-refractivity contribution in [1.82, 2.24) is 47.0 Å². The number of carbonyl (C=O) groups is 9. The first-order valence-corrected chi connectivity index (χ1v) is 24.7. The Morgan fingerprint density at radius 3 is 1.60 bits per heavy atom. The van der Waals surface area contributed by atoms with E-state index < -0.39 is 59.4 Å². The van der Waals surface area contributed by atoms with E-state index in [1.165, 1.54) is 4.90 Å². The zero-order chi connectivity index (χ0) is 54.0. The Labute approximate surface area is 428 Å². The number of allylic oxidation sites excluding steroid dienone is 1. The lowest BCUT2D eigenvalue weighted by Crippen LogP contribution is -2.59. The van der Waals surface area contributed by atoms with E-state index >= 15 is 0 Å². The molecule has 0 spiro atoms. The van der Waals surface area contributed by atoms with Crippen molar-refractivity contribution >= 4 is 64.5 Å². The van der Waals surface area contributed by atoms with Crippen molar-refractivity contribution in [2.75, 3.05) is 44.4 Å². The fourth-order valence-corrected chi connectivity index (χ4v) is 8.31. The van der Waals surface area contributed by atoms with Gasteiger partial charge in [0.1, 0.15) is 24.2 Å². The lowest BCUT2D eigenvalue weighted by molar-refractivity contribution is -0.144. The van der Waals surface area contributed by atoms with Gasteiger partial charge in [0, 0.05) is 50.0 Å². The molecule has 3 aliphatic rings. The Hall–Kier alpha value is -7.19. The second-order valence-corrected chi connectivity index (χ2v) is 19.6. The summed E-state index contributed by atoms with van der Waals surface area (Å²) in [7, 11) is 3.30. The van der Waals surface area contributed by atoms with Gasteiger partial charge in [-0.1, -0.05) is 70.3 Å². The molecule has 1 saturated carbocycles. The minimum atomic E-state index is -1.05. The molecule has 2 aliphatic heterocycles. The number of nitrogens with one attached hydrogen (secondary N) is 9. The van der Waals surface area contributed by atoms with Gasteiger partial charge in [0.05, 0.1) is 12.1 Å². The van der Waals surface area contributed by atoms with Gasteiger partial charge in [0.2, 0.25) is 53.2 Å². The van der Waals surface area contributed by atoms with E-state index in [9.17, 15) is 43.2 Å². The third-order valence-corrected chi connectivity index (χ3v) is 13.0. The van der Waals surface area contributed by atoms with Crippen LogP contribution in [0.15, 0.2) is 86.0 Å². The highest BCUT2D eigenvalue weighted by atomic mass is 16.2. The summed E-state index contributed by atoms with van der Waals surface area (Å²) in [4.78, 5) is 117. The van der Waals surface area contributed by atoms with Gasteiger partial charge in [0.15, 0.2) is 0 Å². The SMILES string of the molecule is C=C1CC(C(=O)Nc2cccc(CNC(=O)[C@@H]3CCCN3C(=O)[C@@H](NC(=O)[C@H](C)NC)C(C)(C)C)c2)C1.C=CC(=O)NC[C@H](NC(=O)[C@H](C)NC)C(=O)N1CCC[C@H]1C(=O)NCc1cccc(NC(=O)C=C)c1. The summed E-state index contributed by atoms with van der Waals surface area (Å²) < 4.78 is 0. The molecule has 0 aromatic heterocycles. The Bertz CT molecular complexity index is 2370. The molecule has 2 aromatic carbocycles. The molecular weight excluding hydrogens is 935 g/mol. The van der Waals surface area contributed by atoms with Crippen LogP contribution in [0.2, 0.25) is 0 Å². The van der Waals surface area contributed by atoms with E-state index in [1.807, 2.05) is 45.0 Å². The van der Waals surface area contributed by atoms with Gasteiger partial charge in [-0.2, -0.15) is 0 Å². The van der Waals surface area contributed by atoms with Crippen LogP contribution in [0.1, 0.15) is 84.3 Å². The normalized spacial score (nSPS) is 17.9. The van der Waals surface area contributed by atoms with Crippen LogP contribution < -0.4 is 47.9 Å². The van der Waals surface area contributed by atoms with E-state index in [1.54, 1.807) is 57.1 Å². The summed E-state index contributed by atoms with van der Waals surface area (Å²) in [6, 6.07) is 10.3. The average Bonchev–Trinajstić information content (AvgIpc) is 4.07. The smallest absolute Gasteiger partial charge is 0.247 e. The van der Waals surface area contributed by atoms with Crippen LogP contribution in [0, 0.1) is 11.3 Å². The number of benzene rings is 2. The second kappa shape index (κ2) is 27.6. The Morgan fingerprint density at radius 1 is 0.658 bits per heavy atom. The zero-order valence-corrected chi connectivity index (χ0v) is 43.3. The summed E-state index contributed by atoms with van der Waals surface area (Å²) in [5, 5.41) is 25.1. The number of anilines is 2. The fourth-order valence-electron chi connectivity index (χ4n) is 8.31. The summed E-state index contributed by atoms with van der Waals surface area (Å²) >= 11 is 0. The second-order valence-electron chi connectivity index (χ2n) is 19.6. The molecule has 6 atom stereocenters. The Morgan fingerprint density at radius 2 is 1.14 bits per heavy atom. The van der Waals surface area contributed by atoms with Crippen molar-refractivity contribution in [3.05, 3.63) is 97.1 Å².